The van der Waals surface area contributed by atoms with Gasteiger partial charge >= 0.3 is 0 Å². The molecule has 4 N–H and O–H groups in total. The molecule has 2 aliphatic carbocycles. The van der Waals surface area contributed by atoms with Crippen LogP contribution in [0, 0.1) is 11.8 Å². The second-order valence-corrected chi connectivity index (χ2v) is 6.48. The number of nitrogens with two attached hydrogens (primary N) is 1. The Morgan fingerprint density at radius 1 is 1.10 bits per heavy atom. The van der Waals surface area contributed by atoms with Gasteiger partial charge in [0.05, 0.1) is 0 Å². The molecule has 2 saturated carbocycles. The molecule has 0 saturated heterocycles. The summed E-state index contributed by atoms with van der Waals surface area (Å²) in [4.78, 5) is 23.4. The molecule has 0 aromatic rings. The minimum Gasteiger partial charge on any atom is -0.356 e. The summed E-state index contributed by atoms with van der Waals surface area (Å²) in [6.45, 7) is 1.12. The lowest BCUT2D eigenvalue weighted by molar-refractivity contribution is -0.124. The van der Waals surface area contributed by atoms with Crippen molar-refractivity contribution in [2.24, 2.45) is 17.6 Å². The molecule has 0 aromatic heterocycles. The summed E-state index contributed by atoms with van der Waals surface area (Å²) in [5, 5.41) is 5.97. The van der Waals surface area contributed by atoms with Crippen molar-refractivity contribution in [1.82, 2.24) is 10.6 Å². The van der Waals surface area contributed by atoms with Crippen LogP contribution in [0.15, 0.2) is 0 Å². The molecule has 5 heteroatoms. The SMILES string of the molecule is NCC(NC(=O)CCCNC(=O)C1CC1)C1CCCCC1. The Bertz CT molecular complexity index is 349. The van der Waals surface area contributed by atoms with Crippen molar-refractivity contribution in [3.05, 3.63) is 0 Å². The fraction of sp³-hybridized carbons (Fsp3) is 0.875. The molecule has 2 amide bonds. The van der Waals surface area contributed by atoms with Gasteiger partial charge in [0.1, 0.15) is 0 Å². The summed E-state index contributed by atoms with van der Waals surface area (Å²) < 4.78 is 0. The van der Waals surface area contributed by atoms with E-state index in [4.69, 9.17) is 5.73 Å². The van der Waals surface area contributed by atoms with E-state index < -0.39 is 0 Å². The first-order chi connectivity index (χ1) is 10.2. The maximum atomic E-state index is 12.0. The molecule has 5 nitrogen and oxygen atoms in total. The van der Waals surface area contributed by atoms with Crippen LogP contribution >= 0.6 is 0 Å². The molecular formula is C16H29N3O2. The summed E-state index contributed by atoms with van der Waals surface area (Å²) in [5.41, 5.74) is 5.81. The maximum Gasteiger partial charge on any atom is 0.223 e. The zero-order valence-corrected chi connectivity index (χ0v) is 12.9. The van der Waals surface area contributed by atoms with Crippen LogP contribution in [0.4, 0.5) is 0 Å². The van der Waals surface area contributed by atoms with E-state index in [2.05, 4.69) is 10.6 Å². The van der Waals surface area contributed by atoms with E-state index >= 15 is 0 Å². The van der Waals surface area contributed by atoms with Crippen molar-refractivity contribution in [1.29, 1.82) is 0 Å². The zero-order valence-electron chi connectivity index (χ0n) is 12.9. The Kier molecular flexibility index (Phi) is 6.49. The summed E-state index contributed by atoms with van der Waals surface area (Å²) in [5.74, 6) is 1.00. The van der Waals surface area contributed by atoms with Crippen molar-refractivity contribution >= 4 is 11.8 Å². The molecule has 0 spiro atoms. The van der Waals surface area contributed by atoms with Gasteiger partial charge in [0.25, 0.3) is 0 Å². The average Bonchev–Trinajstić information content (AvgIpc) is 3.34. The van der Waals surface area contributed by atoms with E-state index in [0.29, 0.717) is 31.8 Å². The lowest BCUT2D eigenvalue weighted by Crippen LogP contribution is -2.46. The van der Waals surface area contributed by atoms with Gasteiger partial charge < -0.3 is 16.4 Å². The first kappa shape index (κ1) is 16.3. The number of hydrogen-bond acceptors (Lipinski definition) is 3. The van der Waals surface area contributed by atoms with E-state index in [1.165, 1.54) is 32.1 Å². The Morgan fingerprint density at radius 2 is 1.81 bits per heavy atom. The predicted molar refractivity (Wildman–Crippen MR) is 82.5 cm³/mol. The van der Waals surface area contributed by atoms with Crippen LogP contribution < -0.4 is 16.4 Å². The largest absolute Gasteiger partial charge is 0.356 e. The first-order valence-electron chi connectivity index (χ1n) is 8.48. The Hall–Kier alpha value is -1.10. The highest BCUT2D eigenvalue weighted by molar-refractivity contribution is 5.81. The molecule has 1 atom stereocenters. The fourth-order valence-electron chi connectivity index (χ4n) is 3.14. The van der Waals surface area contributed by atoms with Crippen LogP contribution in [-0.2, 0) is 9.59 Å². The third-order valence-corrected chi connectivity index (χ3v) is 4.65. The van der Waals surface area contributed by atoms with Gasteiger partial charge in [-0.3, -0.25) is 9.59 Å². The number of amides is 2. The molecule has 0 radical (unpaired) electrons. The third-order valence-electron chi connectivity index (χ3n) is 4.65. The van der Waals surface area contributed by atoms with Crippen LogP contribution in [-0.4, -0.2) is 30.9 Å². The standard InChI is InChI=1S/C16H29N3O2/c17-11-14(12-5-2-1-3-6-12)19-15(20)7-4-10-18-16(21)13-8-9-13/h12-14H,1-11,17H2,(H,18,21)(H,19,20). The van der Waals surface area contributed by atoms with Crippen LogP contribution in [0.25, 0.3) is 0 Å². The van der Waals surface area contributed by atoms with Crippen molar-refractivity contribution in [3.63, 3.8) is 0 Å². The topological polar surface area (TPSA) is 84.2 Å². The number of carbonyl (C=O) groups is 2. The smallest absolute Gasteiger partial charge is 0.223 e. The normalized spacial score (nSPS) is 20.8. The molecule has 2 rings (SSSR count). The van der Waals surface area contributed by atoms with Gasteiger partial charge in [-0.25, -0.2) is 0 Å². The van der Waals surface area contributed by atoms with E-state index in [0.717, 1.165) is 12.8 Å². The average molecular weight is 295 g/mol. The number of hydrogen-bond donors (Lipinski definition) is 3. The monoisotopic (exact) mass is 295 g/mol. The summed E-state index contributed by atoms with van der Waals surface area (Å²) in [6.07, 6.45) is 9.38. The summed E-state index contributed by atoms with van der Waals surface area (Å²) in [6, 6.07) is 0.124. The highest BCUT2D eigenvalue weighted by Crippen LogP contribution is 2.28. The Morgan fingerprint density at radius 3 is 2.43 bits per heavy atom. The van der Waals surface area contributed by atoms with E-state index in [-0.39, 0.29) is 23.8 Å². The van der Waals surface area contributed by atoms with E-state index in [9.17, 15) is 9.59 Å². The van der Waals surface area contributed by atoms with Gasteiger partial charge in [-0.05, 0) is 38.0 Å². The highest BCUT2D eigenvalue weighted by Gasteiger charge is 2.29. The van der Waals surface area contributed by atoms with Crippen LogP contribution in [0.5, 0.6) is 0 Å². The fourth-order valence-corrected chi connectivity index (χ4v) is 3.14. The van der Waals surface area contributed by atoms with Gasteiger partial charge in [-0.2, -0.15) is 0 Å². The minimum atomic E-state index is 0.0664. The predicted octanol–water partition coefficient (Wildman–Crippen LogP) is 1.32. The molecule has 21 heavy (non-hydrogen) atoms. The molecule has 1 unspecified atom stereocenters. The molecular weight excluding hydrogens is 266 g/mol. The summed E-state index contributed by atoms with van der Waals surface area (Å²) >= 11 is 0. The van der Waals surface area contributed by atoms with Gasteiger partial charge in [-0.15, -0.1) is 0 Å². The number of nitrogens with one attached hydrogen (secondary N) is 2. The molecule has 0 aromatic carbocycles. The number of rotatable bonds is 8. The van der Waals surface area contributed by atoms with Gasteiger partial charge in [0.2, 0.25) is 11.8 Å². The van der Waals surface area contributed by atoms with Crippen LogP contribution in [0.1, 0.15) is 57.8 Å². The molecule has 0 aliphatic heterocycles. The third kappa shape index (κ3) is 5.65. The van der Waals surface area contributed by atoms with E-state index in [1.807, 2.05) is 0 Å². The maximum absolute atomic E-state index is 12.0. The van der Waals surface area contributed by atoms with Crippen molar-refractivity contribution < 1.29 is 9.59 Å². The quantitative estimate of drug-likeness (QED) is 0.590. The van der Waals surface area contributed by atoms with Crippen molar-refractivity contribution in [2.75, 3.05) is 13.1 Å². The van der Waals surface area contributed by atoms with Gasteiger partial charge in [0.15, 0.2) is 0 Å². The van der Waals surface area contributed by atoms with Gasteiger partial charge in [-0.1, -0.05) is 19.3 Å². The molecule has 0 bridgehead atoms. The highest BCUT2D eigenvalue weighted by atomic mass is 16.2. The minimum absolute atomic E-state index is 0.0664. The van der Waals surface area contributed by atoms with Crippen molar-refractivity contribution in [3.8, 4) is 0 Å². The Balaban J connectivity index is 1.59. The van der Waals surface area contributed by atoms with Crippen LogP contribution in [0.3, 0.4) is 0 Å². The number of carbonyl (C=O) groups excluding carboxylic acids is 2. The first-order valence-corrected chi connectivity index (χ1v) is 8.48. The summed E-state index contributed by atoms with van der Waals surface area (Å²) in [7, 11) is 0. The second-order valence-electron chi connectivity index (χ2n) is 6.48. The molecule has 120 valence electrons. The van der Waals surface area contributed by atoms with E-state index in [1.54, 1.807) is 0 Å². The van der Waals surface area contributed by atoms with Crippen LogP contribution in [0.2, 0.25) is 0 Å². The molecule has 0 heterocycles. The van der Waals surface area contributed by atoms with Gasteiger partial charge in [0, 0.05) is 31.5 Å². The lowest BCUT2D eigenvalue weighted by Gasteiger charge is -2.30. The Labute approximate surface area is 127 Å². The zero-order chi connectivity index (χ0) is 15.1. The molecule has 2 aliphatic rings. The second kappa shape index (κ2) is 8.37. The van der Waals surface area contributed by atoms with Crippen molar-refractivity contribution in [2.45, 2.75) is 63.8 Å². The molecule has 2 fully saturated rings. The lowest BCUT2D eigenvalue weighted by atomic mass is 9.84.